The molecule has 0 bridgehead atoms. The van der Waals surface area contributed by atoms with Crippen LogP contribution in [-0.4, -0.2) is 12.0 Å². The second-order valence-corrected chi connectivity index (χ2v) is 5.15. The van der Waals surface area contributed by atoms with E-state index >= 15 is 0 Å². The Bertz CT molecular complexity index is 408. The van der Waals surface area contributed by atoms with Crippen LogP contribution in [0.15, 0.2) is 23.1 Å². The molecule has 92 valence electrons. The van der Waals surface area contributed by atoms with E-state index in [-0.39, 0.29) is 12.0 Å². The third-order valence-electron chi connectivity index (χ3n) is 4.08. The number of ether oxygens (including phenoxy) is 1. The van der Waals surface area contributed by atoms with Crippen LogP contribution in [0.5, 0.6) is 0 Å². The van der Waals surface area contributed by atoms with Crippen LogP contribution >= 0.6 is 0 Å². The van der Waals surface area contributed by atoms with Gasteiger partial charge < -0.3 is 10.1 Å². The molecule has 1 N–H and O–H groups in total. The molecule has 3 nitrogen and oxygen atoms in total. The lowest BCUT2D eigenvalue weighted by atomic mass is 9.78. The summed E-state index contributed by atoms with van der Waals surface area (Å²) in [6.45, 7) is 1.98. The van der Waals surface area contributed by atoms with Gasteiger partial charge in [0.05, 0.1) is 5.70 Å². The molecular formula is C14H19NO2. The first-order valence-corrected chi connectivity index (χ1v) is 6.70. The van der Waals surface area contributed by atoms with Gasteiger partial charge in [-0.2, -0.15) is 0 Å². The summed E-state index contributed by atoms with van der Waals surface area (Å²) in [5, 5.41) is 3.07. The van der Waals surface area contributed by atoms with Gasteiger partial charge in [0.1, 0.15) is 5.76 Å². The summed E-state index contributed by atoms with van der Waals surface area (Å²) < 4.78 is 5.79. The Labute approximate surface area is 102 Å². The lowest BCUT2D eigenvalue weighted by molar-refractivity contribution is -0.132. The molecule has 1 saturated carbocycles. The highest BCUT2D eigenvalue weighted by Crippen LogP contribution is 2.40. The Balaban J connectivity index is 1.92. The van der Waals surface area contributed by atoms with Gasteiger partial charge in [0.25, 0.3) is 5.91 Å². The van der Waals surface area contributed by atoms with Crippen LogP contribution < -0.4 is 5.32 Å². The van der Waals surface area contributed by atoms with E-state index in [9.17, 15) is 4.79 Å². The first kappa shape index (κ1) is 10.9. The summed E-state index contributed by atoms with van der Waals surface area (Å²) in [5.74, 6) is 1.59. The molecule has 2 aliphatic carbocycles. The van der Waals surface area contributed by atoms with Crippen molar-refractivity contribution in [2.75, 3.05) is 0 Å². The minimum absolute atomic E-state index is 0.0263. The quantitative estimate of drug-likeness (QED) is 0.756. The van der Waals surface area contributed by atoms with Gasteiger partial charge in [0.15, 0.2) is 6.10 Å². The second kappa shape index (κ2) is 4.21. The molecule has 1 saturated heterocycles. The Morgan fingerprint density at radius 3 is 3.18 bits per heavy atom. The number of fused-ring (bicyclic) bond motifs is 2. The van der Waals surface area contributed by atoms with E-state index in [0.29, 0.717) is 5.92 Å². The largest absolute Gasteiger partial charge is 0.479 e. The predicted octanol–water partition coefficient (Wildman–Crippen LogP) is 2.64. The van der Waals surface area contributed by atoms with Gasteiger partial charge in [-0.25, -0.2) is 0 Å². The highest BCUT2D eigenvalue weighted by molar-refractivity contribution is 5.85. The van der Waals surface area contributed by atoms with Gasteiger partial charge in [0.2, 0.25) is 0 Å². The second-order valence-electron chi connectivity index (χ2n) is 5.15. The first-order chi connectivity index (χ1) is 8.29. The van der Waals surface area contributed by atoms with Crippen LogP contribution in [0.4, 0.5) is 0 Å². The maximum Gasteiger partial charge on any atom is 0.265 e. The van der Waals surface area contributed by atoms with Crippen LogP contribution in [0.2, 0.25) is 0 Å². The van der Waals surface area contributed by atoms with E-state index in [2.05, 4.69) is 11.4 Å². The molecule has 0 radical (unpaired) electrons. The average Bonchev–Trinajstić information content (AvgIpc) is 2.38. The molecule has 3 heteroatoms. The Morgan fingerprint density at radius 1 is 1.47 bits per heavy atom. The molecule has 1 heterocycles. The predicted molar refractivity (Wildman–Crippen MR) is 65.0 cm³/mol. The van der Waals surface area contributed by atoms with Crippen molar-refractivity contribution in [2.24, 2.45) is 5.92 Å². The maximum absolute atomic E-state index is 11.9. The molecule has 0 aromatic carbocycles. The van der Waals surface area contributed by atoms with Crippen molar-refractivity contribution < 1.29 is 9.53 Å². The van der Waals surface area contributed by atoms with E-state index < -0.39 is 0 Å². The number of hydrogen-bond donors (Lipinski definition) is 1. The summed E-state index contributed by atoms with van der Waals surface area (Å²) >= 11 is 0. The first-order valence-electron chi connectivity index (χ1n) is 6.70. The van der Waals surface area contributed by atoms with Crippen molar-refractivity contribution >= 4 is 5.91 Å². The number of carbonyl (C=O) groups is 1. The van der Waals surface area contributed by atoms with Gasteiger partial charge >= 0.3 is 0 Å². The standard InChI is InChI=1S/C14H19NO2/c1-2-11-14(16)15-13-10-6-4-3-5-9(10)7-8-12(13)17-11/h8-9,11H,2-7H2,1H3,(H,15,16). The zero-order valence-electron chi connectivity index (χ0n) is 10.3. The fourth-order valence-corrected chi connectivity index (χ4v) is 3.11. The molecule has 1 aliphatic heterocycles. The van der Waals surface area contributed by atoms with E-state index in [1.54, 1.807) is 0 Å². The Hall–Kier alpha value is -1.25. The number of carbonyl (C=O) groups excluding carboxylic acids is 1. The fraction of sp³-hybridized carbons (Fsp3) is 0.643. The SMILES string of the molecule is CCC1OC2=CCC3CCCCC3=C2NC1=O. The van der Waals surface area contributed by atoms with Crippen molar-refractivity contribution in [3.05, 3.63) is 23.1 Å². The smallest absolute Gasteiger partial charge is 0.265 e. The van der Waals surface area contributed by atoms with E-state index in [0.717, 1.165) is 30.7 Å². The van der Waals surface area contributed by atoms with E-state index in [1.165, 1.54) is 24.8 Å². The van der Waals surface area contributed by atoms with Gasteiger partial charge in [-0.05, 0) is 49.7 Å². The molecule has 2 fully saturated rings. The summed E-state index contributed by atoms with van der Waals surface area (Å²) in [6.07, 6.45) is 8.62. The lowest BCUT2D eigenvalue weighted by Gasteiger charge is -2.36. The number of hydrogen-bond acceptors (Lipinski definition) is 2. The molecule has 3 rings (SSSR count). The minimum Gasteiger partial charge on any atom is -0.479 e. The van der Waals surface area contributed by atoms with Gasteiger partial charge in [-0.1, -0.05) is 13.3 Å². The van der Waals surface area contributed by atoms with Crippen LogP contribution in [0.3, 0.4) is 0 Å². The molecule has 17 heavy (non-hydrogen) atoms. The van der Waals surface area contributed by atoms with Crippen LogP contribution in [-0.2, 0) is 9.53 Å². The van der Waals surface area contributed by atoms with Crippen molar-refractivity contribution in [1.82, 2.24) is 5.32 Å². The van der Waals surface area contributed by atoms with Gasteiger partial charge in [-0.15, -0.1) is 0 Å². The highest BCUT2D eigenvalue weighted by Gasteiger charge is 2.34. The minimum atomic E-state index is -0.300. The number of amides is 1. The highest BCUT2D eigenvalue weighted by atomic mass is 16.5. The number of rotatable bonds is 1. The molecule has 2 unspecified atom stereocenters. The van der Waals surface area contributed by atoms with Crippen molar-refractivity contribution in [1.29, 1.82) is 0 Å². The summed E-state index contributed by atoms with van der Waals surface area (Å²) in [6, 6.07) is 0. The van der Waals surface area contributed by atoms with Crippen LogP contribution in [0.25, 0.3) is 0 Å². The monoisotopic (exact) mass is 233 g/mol. The van der Waals surface area contributed by atoms with Crippen LogP contribution in [0, 0.1) is 5.92 Å². The molecule has 0 aromatic rings. The lowest BCUT2D eigenvalue weighted by Crippen LogP contribution is -2.43. The molecule has 1 amide bonds. The van der Waals surface area contributed by atoms with E-state index in [1.807, 2.05) is 6.92 Å². The third kappa shape index (κ3) is 1.78. The Morgan fingerprint density at radius 2 is 2.35 bits per heavy atom. The summed E-state index contributed by atoms with van der Waals surface area (Å²) in [7, 11) is 0. The number of morpholine rings is 1. The summed E-state index contributed by atoms with van der Waals surface area (Å²) in [4.78, 5) is 11.9. The molecule has 2 atom stereocenters. The zero-order valence-corrected chi connectivity index (χ0v) is 10.3. The average molecular weight is 233 g/mol. The molecular weight excluding hydrogens is 214 g/mol. The van der Waals surface area contributed by atoms with Gasteiger partial charge in [0, 0.05) is 0 Å². The topological polar surface area (TPSA) is 38.3 Å². The Kier molecular flexibility index (Phi) is 2.69. The van der Waals surface area contributed by atoms with Crippen molar-refractivity contribution in [3.63, 3.8) is 0 Å². The zero-order chi connectivity index (χ0) is 11.8. The maximum atomic E-state index is 11.9. The summed E-state index contributed by atoms with van der Waals surface area (Å²) in [5.41, 5.74) is 2.42. The number of allylic oxidation sites excluding steroid dienone is 2. The van der Waals surface area contributed by atoms with E-state index in [4.69, 9.17) is 4.74 Å². The van der Waals surface area contributed by atoms with Crippen molar-refractivity contribution in [2.45, 2.75) is 51.6 Å². The fourth-order valence-electron chi connectivity index (χ4n) is 3.11. The normalized spacial score (nSPS) is 32.1. The molecule has 0 spiro atoms. The number of nitrogens with one attached hydrogen (secondary N) is 1. The van der Waals surface area contributed by atoms with Gasteiger partial charge in [-0.3, -0.25) is 4.79 Å². The molecule has 3 aliphatic rings. The van der Waals surface area contributed by atoms with Crippen LogP contribution in [0.1, 0.15) is 45.4 Å². The molecule has 0 aromatic heterocycles. The van der Waals surface area contributed by atoms with Crippen molar-refractivity contribution in [3.8, 4) is 0 Å². The third-order valence-corrected chi connectivity index (χ3v) is 4.08.